The predicted octanol–water partition coefficient (Wildman–Crippen LogP) is 5.83. The second-order valence-corrected chi connectivity index (χ2v) is 9.21. The first-order chi connectivity index (χ1) is 14.5. The molecule has 0 fully saturated rings. The highest BCUT2D eigenvalue weighted by molar-refractivity contribution is 7.98. The summed E-state index contributed by atoms with van der Waals surface area (Å²) in [5, 5.41) is 0.735. The third-order valence-corrected chi connectivity index (χ3v) is 6.47. The van der Waals surface area contributed by atoms with E-state index in [0.29, 0.717) is 18.7 Å². The van der Waals surface area contributed by atoms with Crippen LogP contribution in [0.4, 0.5) is 5.13 Å². The van der Waals surface area contributed by atoms with Crippen LogP contribution in [0.3, 0.4) is 0 Å². The Balaban J connectivity index is 0.00000341. The number of carbonyl (C=O) groups is 1. The Labute approximate surface area is 199 Å². The van der Waals surface area contributed by atoms with Crippen molar-refractivity contribution in [3.8, 4) is 5.75 Å². The summed E-state index contributed by atoms with van der Waals surface area (Å²) in [6, 6.07) is 13.7. The maximum Gasteiger partial charge on any atom is 0.260 e. The molecule has 0 unspecified atom stereocenters. The van der Waals surface area contributed by atoms with Crippen LogP contribution in [0.15, 0.2) is 47.4 Å². The summed E-state index contributed by atoms with van der Waals surface area (Å²) in [5.41, 5.74) is 1.57. The van der Waals surface area contributed by atoms with Crippen molar-refractivity contribution in [3.63, 3.8) is 0 Å². The first-order valence-electron chi connectivity index (χ1n) is 10.2. The number of hydrogen-bond donors (Lipinski definition) is 0. The molecule has 0 saturated heterocycles. The molecule has 0 bridgehead atoms. The van der Waals surface area contributed by atoms with Gasteiger partial charge in [0.05, 0.1) is 16.8 Å². The van der Waals surface area contributed by atoms with E-state index in [1.54, 1.807) is 28.0 Å². The molecule has 3 aromatic rings. The molecule has 8 heteroatoms. The Morgan fingerprint density at radius 1 is 1.13 bits per heavy atom. The minimum atomic E-state index is -0.0406. The number of hydrogen-bond acceptors (Lipinski definition) is 6. The fourth-order valence-electron chi connectivity index (χ4n) is 2.90. The average molecular weight is 480 g/mol. The summed E-state index contributed by atoms with van der Waals surface area (Å²) < 4.78 is 6.82. The minimum Gasteiger partial charge on any atom is -0.494 e. The van der Waals surface area contributed by atoms with E-state index >= 15 is 0 Å². The van der Waals surface area contributed by atoms with Gasteiger partial charge in [-0.25, -0.2) is 4.98 Å². The molecule has 0 atom stereocenters. The summed E-state index contributed by atoms with van der Waals surface area (Å²) in [6.07, 6.45) is 4.18. The van der Waals surface area contributed by atoms with E-state index in [0.717, 1.165) is 40.5 Å². The van der Waals surface area contributed by atoms with Crippen LogP contribution in [0.2, 0.25) is 0 Å². The molecule has 31 heavy (non-hydrogen) atoms. The molecular weight excluding hydrogens is 450 g/mol. The average Bonchev–Trinajstić information content (AvgIpc) is 3.17. The molecule has 0 spiro atoms. The SMILES string of the molecule is CCCCOc1ccc(C(=O)N(CCN(C)C)c2nc3ccc(SC)cc3s2)cc1.Cl. The van der Waals surface area contributed by atoms with Gasteiger partial charge in [0.2, 0.25) is 0 Å². The van der Waals surface area contributed by atoms with Gasteiger partial charge >= 0.3 is 0 Å². The van der Waals surface area contributed by atoms with Gasteiger partial charge in [0.25, 0.3) is 5.91 Å². The molecule has 3 rings (SSSR count). The number of halogens is 1. The van der Waals surface area contributed by atoms with Crippen LogP contribution in [0.5, 0.6) is 5.75 Å². The highest BCUT2D eigenvalue weighted by atomic mass is 35.5. The first kappa shape index (κ1) is 25.5. The third-order valence-electron chi connectivity index (χ3n) is 4.70. The number of unbranched alkanes of at least 4 members (excludes halogenated alkanes) is 1. The second kappa shape index (κ2) is 12.3. The van der Waals surface area contributed by atoms with E-state index in [2.05, 4.69) is 30.2 Å². The van der Waals surface area contributed by atoms with Gasteiger partial charge in [-0.1, -0.05) is 24.7 Å². The quantitative estimate of drug-likeness (QED) is 0.270. The van der Waals surface area contributed by atoms with Gasteiger partial charge < -0.3 is 9.64 Å². The topological polar surface area (TPSA) is 45.7 Å². The number of benzene rings is 2. The number of carbonyl (C=O) groups excluding carboxylic acids is 1. The van der Waals surface area contributed by atoms with E-state index in [9.17, 15) is 4.79 Å². The van der Waals surface area contributed by atoms with Crippen LogP contribution in [-0.4, -0.2) is 55.8 Å². The largest absolute Gasteiger partial charge is 0.494 e. The number of ether oxygens (including phenoxy) is 1. The lowest BCUT2D eigenvalue weighted by Gasteiger charge is -2.22. The number of nitrogens with zero attached hydrogens (tertiary/aromatic N) is 3. The van der Waals surface area contributed by atoms with Crippen molar-refractivity contribution >= 4 is 56.8 Å². The molecule has 1 heterocycles. The Kier molecular flexibility index (Phi) is 10.1. The summed E-state index contributed by atoms with van der Waals surface area (Å²) in [7, 11) is 4.02. The van der Waals surface area contributed by atoms with E-state index in [1.165, 1.54) is 4.90 Å². The fourth-order valence-corrected chi connectivity index (χ4v) is 4.45. The number of amides is 1. The number of rotatable bonds is 10. The number of aromatic nitrogens is 1. The van der Waals surface area contributed by atoms with Gasteiger partial charge in [-0.3, -0.25) is 9.69 Å². The van der Waals surface area contributed by atoms with Gasteiger partial charge in [-0.2, -0.15) is 0 Å². The smallest absolute Gasteiger partial charge is 0.260 e. The molecule has 2 aromatic carbocycles. The standard InChI is InChI=1S/C23H29N3O2S2.ClH/c1-5-6-15-28-18-9-7-17(8-10-18)22(27)26(14-13-25(2)3)23-24-20-12-11-19(29-4)16-21(20)30-23;/h7-12,16H,5-6,13-15H2,1-4H3;1H. The van der Waals surface area contributed by atoms with Crippen molar-refractivity contribution in [3.05, 3.63) is 48.0 Å². The number of fused-ring (bicyclic) bond motifs is 1. The van der Waals surface area contributed by atoms with Gasteiger partial charge in [0.15, 0.2) is 5.13 Å². The van der Waals surface area contributed by atoms with Crippen LogP contribution in [0.25, 0.3) is 10.2 Å². The van der Waals surface area contributed by atoms with Crippen molar-refractivity contribution in [2.24, 2.45) is 0 Å². The minimum absolute atomic E-state index is 0. The third kappa shape index (κ3) is 6.84. The van der Waals surface area contributed by atoms with Crippen LogP contribution in [0, 0.1) is 0 Å². The molecule has 1 aromatic heterocycles. The van der Waals surface area contributed by atoms with E-state index < -0.39 is 0 Å². The summed E-state index contributed by atoms with van der Waals surface area (Å²) in [5.74, 6) is 0.755. The molecule has 5 nitrogen and oxygen atoms in total. The summed E-state index contributed by atoms with van der Waals surface area (Å²) in [6.45, 7) is 4.17. The zero-order valence-corrected chi connectivity index (χ0v) is 20.9. The number of thioether (sulfide) groups is 1. The van der Waals surface area contributed by atoms with Crippen molar-refractivity contribution in [2.75, 3.05) is 44.9 Å². The van der Waals surface area contributed by atoms with Gasteiger partial charge in [-0.15, -0.1) is 24.2 Å². The van der Waals surface area contributed by atoms with Crippen LogP contribution < -0.4 is 9.64 Å². The molecule has 0 aliphatic rings. The Morgan fingerprint density at radius 3 is 2.52 bits per heavy atom. The highest BCUT2D eigenvalue weighted by Crippen LogP contribution is 2.32. The Morgan fingerprint density at radius 2 is 1.87 bits per heavy atom. The monoisotopic (exact) mass is 479 g/mol. The maximum atomic E-state index is 13.4. The summed E-state index contributed by atoms with van der Waals surface area (Å²) >= 11 is 3.27. The van der Waals surface area contributed by atoms with Crippen molar-refractivity contribution in [1.82, 2.24) is 9.88 Å². The van der Waals surface area contributed by atoms with Crippen LogP contribution >= 0.6 is 35.5 Å². The van der Waals surface area contributed by atoms with E-state index in [-0.39, 0.29) is 18.3 Å². The van der Waals surface area contributed by atoms with E-state index in [4.69, 9.17) is 9.72 Å². The van der Waals surface area contributed by atoms with Crippen LogP contribution in [0.1, 0.15) is 30.1 Å². The fraction of sp³-hybridized carbons (Fsp3) is 0.391. The normalized spacial score (nSPS) is 10.9. The first-order valence-corrected chi connectivity index (χ1v) is 12.2. The molecule has 0 aliphatic heterocycles. The number of thiazole rings is 1. The number of anilines is 1. The van der Waals surface area contributed by atoms with Gasteiger partial charge in [-0.05, 0) is 69.2 Å². The Bertz CT molecular complexity index is 977. The molecule has 0 saturated carbocycles. The van der Waals surface area contributed by atoms with Crippen molar-refractivity contribution < 1.29 is 9.53 Å². The maximum absolute atomic E-state index is 13.4. The molecule has 0 radical (unpaired) electrons. The van der Waals surface area contributed by atoms with Crippen molar-refractivity contribution in [1.29, 1.82) is 0 Å². The van der Waals surface area contributed by atoms with Crippen LogP contribution in [-0.2, 0) is 0 Å². The molecule has 168 valence electrons. The lowest BCUT2D eigenvalue weighted by atomic mass is 10.2. The lowest BCUT2D eigenvalue weighted by molar-refractivity contribution is 0.0985. The number of likely N-dealkylation sites (N-methyl/N-ethyl adjacent to an activating group) is 1. The van der Waals surface area contributed by atoms with Gasteiger partial charge in [0.1, 0.15) is 5.75 Å². The van der Waals surface area contributed by atoms with E-state index in [1.807, 2.05) is 44.4 Å². The summed E-state index contributed by atoms with van der Waals surface area (Å²) in [4.78, 5) is 23.2. The second-order valence-electron chi connectivity index (χ2n) is 7.32. The molecule has 0 aliphatic carbocycles. The molecule has 0 N–H and O–H groups in total. The lowest BCUT2D eigenvalue weighted by Crippen LogP contribution is -2.36. The van der Waals surface area contributed by atoms with Gasteiger partial charge in [0, 0.05) is 23.5 Å². The predicted molar refractivity (Wildman–Crippen MR) is 136 cm³/mol. The highest BCUT2D eigenvalue weighted by Gasteiger charge is 2.21. The zero-order chi connectivity index (χ0) is 21.5. The molecule has 1 amide bonds. The van der Waals surface area contributed by atoms with Crippen molar-refractivity contribution in [2.45, 2.75) is 24.7 Å². The Hall–Kier alpha value is -1.80. The molecular formula is C23H30ClN3O2S2. The zero-order valence-electron chi connectivity index (χ0n) is 18.5.